The number of nitrogens with one attached hydrogen (secondary N) is 1. The molecule has 6 nitrogen and oxygen atoms in total. The van der Waals surface area contributed by atoms with Gasteiger partial charge < -0.3 is 5.32 Å². The highest BCUT2D eigenvalue weighted by atomic mass is 32.1. The number of rotatable bonds is 4. The summed E-state index contributed by atoms with van der Waals surface area (Å²) in [6, 6.07) is 7.74. The molecule has 7 heteroatoms. The summed E-state index contributed by atoms with van der Waals surface area (Å²) in [5.74, 6) is 0.324. The molecule has 20 heavy (non-hydrogen) atoms. The highest BCUT2D eigenvalue weighted by molar-refractivity contribution is 7.13. The van der Waals surface area contributed by atoms with E-state index in [2.05, 4.69) is 27.2 Å². The van der Waals surface area contributed by atoms with E-state index in [1.165, 1.54) is 6.08 Å². The zero-order chi connectivity index (χ0) is 13.9. The van der Waals surface area contributed by atoms with Gasteiger partial charge in [-0.2, -0.15) is 9.61 Å². The SMILES string of the molecule is C=CC(=O)NCc1nnc2ccc(-c3cccs3)nn12. The van der Waals surface area contributed by atoms with Gasteiger partial charge in [0.2, 0.25) is 5.91 Å². The highest BCUT2D eigenvalue weighted by Gasteiger charge is 2.09. The maximum absolute atomic E-state index is 11.2. The fourth-order valence-corrected chi connectivity index (χ4v) is 2.43. The van der Waals surface area contributed by atoms with Crippen LogP contribution in [0.1, 0.15) is 5.82 Å². The number of hydrogen-bond acceptors (Lipinski definition) is 5. The van der Waals surface area contributed by atoms with Gasteiger partial charge >= 0.3 is 0 Å². The van der Waals surface area contributed by atoms with Crippen LogP contribution in [0.25, 0.3) is 16.2 Å². The van der Waals surface area contributed by atoms with Crippen molar-refractivity contribution in [3.8, 4) is 10.6 Å². The van der Waals surface area contributed by atoms with Gasteiger partial charge in [0.1, 0.15) is 5.69 Å². The molecule has 0 spiro atoms. The maximum atomic E-state index is 11.2. The first kappa shape index (κ1) is 12.5. The summed E-state index contributed by atoms with van der Waals surface area (Å²) < 4.78 is 1.64. The molecule has 0 aromatic carbocycles. The summed E-state index contributed by atoms with van der Waals surface area (Å²) >= 11 is 1.62. The lowest BCUT2D eigenvalue weighted by Crippen LogP contribution is -2.21. The standard InChI is InChI=1S/C13H11N5OS/c1-2-13(19)14-8-12-16-15-11-6-5-9(17-18(11)12)10-4-3-7-20-10/h2-7H,1,8H2,(H,14,19). The zero-order valence-electron chi connectivity index (χ0n) is 10.5. The van der Waals surface area contributed by atoms with Crippen LogP contribution >= 0.6 is 11.3 Å². The van der Waals surface area contributed by atoms with E-state index in [1.54, 1.807) is 15.9 Å². The van der Waals surface area contributed by atoms with Crippen molar-refractivity contribution in [1.82, 2.24) is 25.1 Å². The van der Waals surface area contributed by atoms with Gasteiger partial charge in [0.15, 0.2) is 11.5 Å². The molecule has 3 heterocycles. The summed E-state index contributed by atoms with van der Waals surface area (Å²) in [6.07, 6.45) is 1.22. The Balaban J connectivity index is 1.95. The quantitative estimate of drug-likeness (QED) is 0.740. The molecule has 0 aliphatic carbocycles. The topological polar surface area (TPSA) is 72.2 Å². The van der Waals surface area contributed by atoms with Crippen molar-refractivity contribution >= 4 is 22.9 Å². The highest BCUT2D eigenvalue weighted by Crippen LogP contribution is 2.22. The van der Waals surface area contributed by atoms with E-state index >= 15 is 0 Å². The molecular weight excluding hydrogens is 274 g/mol. The van der Waals surface area contributed by atoms with Crippen LogP contribution in [-0.4, -0.2) is 25.7 Å². The van der Waals surface area contributed by atoms with Crippen LogP contribution in [0, 0.1) is 0 Å². The van der Waals surface area contributed by atoms with Crippen molar-refractivity contribution in [2.24, 2.45) is 0 Å². The number of amides is 1. The Kier molecular flexibility index (Phi) is 3.26. The molecule has 0 saturated heterocycles. The Morgan fingerprint density at radius 1 is 1.40 bits per heavy atom. The van der Waals surface area contributed by atoms with E-state index in [0.29, 0.717) is 11.5 Å². The first-order chi connectivity index (χ1) is 9.78. The molecule has 0 saturated carbocycles. The van der Waals surface area contributed by atoms with Crippen LogP contribution in [-0.2, 0) is 11.3 Å². The van der Waals surface area contributed by atoms with Crippen molar-refractivity contribution in [3.63, 3.8) is 0 Å². The molecule has 0 aliphatic rings. The van der Waals surface area contributed by atoms with Crippen molar-refractivity contribution in [3.05, 3.63) is 48.1 Å². The van der Waals surface area contributed by atoms with Crippen LogP contribution in [0.4, 0.5) is 0 Å². The predicted molar refractivity (Wildman–Crippen MR) is 76.1 cm³/mol. The monoisotopic (exact) mass is 285 g/mol. The van der Waals surface area contributed by atoms with Crippen molar-refractivity contribution in [2.45, 2.75) is 6.54 Å². The molecule has 0 bridgehead atoms. The third-order valence-electron chi connectivity index (χ3n) is 2.71. The van der Waals surface area contributed by atoms with Gasteiger partial charge in [-0.3, -0.25) is 4.79 Å². The van der Waals surface area contributed by atoms with E-state index in [9.17, 15) is 4.79 Å². The van der Waals surface area contributed by atoms with Crippen molar-refractivity contribution in [1.29, 1.82) is 0 Å². The van der Waals surface area contributed by atoms with Crippen LogP contribution in [0.2, 0.25) is 0 Å². The molecular formula is C13H11N5OS. The molecule has 0 fully saturated rings. The van der Waals surface area contributed by atoms with Gasteiger partial charge in [0.25, 0.3) is 0 Å². The van der Waals surface area contributed by atoms with Crippen LogP contribution in [0.5, 0.6) is 0 Å². The van der Waals surface area contributed by atoms with Gasteiger partial charge in [-0.1, -0.05) is 12.6 Å². The zero-order valence-corrected chi connectivity index (χ0v) is 11.3. The largest absolute Gasteiger partial charge is 0.345 e. The molecule has 1 N–H and O–H groups in total. The van der Waals surface area contributed by atoms with Crippen LogP contribution in [0.15, 0.2) is 42.3 Å². The minimum atomic E-state index is -0.254. The smallest absolute Gasteiger partial charge is 0.243 e. The fraction of sp³-hybridized carbons (Fsp3) is 0.0769. The Labute approximate surface area is 118 Å². The minimum Gasteiger partial charge on any atom is -0.345 e. The Hall–Kier alpha value is -2.54. The average molecular weight is 285 g/mol. The van der Waals surface area contributed by atoms with Gasteiger partial charge in [-0.15, -0.1) is 21.5 Å². The van der Waals surface area contributed by atoms with E-state index < -0.39 is 0 Å². The lowest BCUT2D eigenvalue weighted by atomic mass is 10.3. The van der Waals surface area contributed by atoms with E-state index in [1.807, 2.05) is 29.6 Å². The third-order valence-corrected chi connectivity index (χ3v) is 3.60. The number of carbonyl (C=O) groups excluding carboxylic acids is 1. The molecule has 0 atom stereocenters. The summed E-state index contributed by atoms with van der Waals surface area (Å²) in [4.78, 5) is 12.3. The second-order valence-electron chi connectivity index (χ2n) is 4.00. The third kappa shape index (κ3) is 2.30. The number of nitrogens with zero attached hydrogens (tertiary/aromatic N) is 4. The van der Waals surface area contributed by atoms with Crippen LogP contribution < -0.4 is 5.32 Å². The number of aromatic nitrogens is 4. The summed E-state index contributed by atoms with van der Waals surface area (Å²) in [6.45, 7) is 3.66. The second kappa shape index (κ2) is 5.22. The average Bonchev–Trinajstić information content (AvgIpc) is 3.13. The van der Waals surface area contributed by atoms with Gasteiger partial charge in [-0.05, 0) is 29.7 Å². The van der Waals surface area contributed by atoms with Crippen molar-refractivity contribution < 1.29 is 4.79 Å². The first-order valence-corrected chi connectivity index (χ1v) is 6.81. The van der Waals surface area contributed by atoms with Crippen LogP contribution in [0.3, 0.4) is 0 Å². The Morgan fingerprint density at radius 3 is 3.05 bits per heavy atom. The van der Waals surface area contributed by atoms with E-state index in [4.69, 9.17) is 0 Å². The predicted octanol–water partition coefficient (Wildman–Crippen LogP) is 1.65. The number of fused-ring (bicyclic) bond motifs is 1. The summed E-state index contributed by atoms with van der Waals surface area (Å²) in [5.41, 5.74) is 1.50. The van der Waals surface area contributed by atoms with Gasteiger partial charge in [-0.25, -0.2) is 0 Å². The molecule has 3 rings (SSSR count). The lowest BCUT2D eigenvalue weighted by Gasteiger charge is -2.02. The lowest BCUT2D eigenvalue weighted by molar-refractivity contribution is -0.116. The number of hydrogen-bond donors (Lipinski definition) is 1. The molecule has 1 amide bonds. The van der Waals surface area contributed by atoms with Gasteiger partial charge in [0, 0.05) is 0 Å². The second-order valence-corrected chi connectivity index (χ2v) is 4.95. The molecule has 0 radical (unpaired) electrons. The van der Waals surface area contributed by atoms with Crippen molar-refractivity contribution in [2.75, 3.05) is 0 Å². The molecule has 100 valence electrons. The Morgan fingerprint density at radius 2 is 2.30 bits per heavy atom. The van der Waals surface area contributed by atoms with Gasteiger partial charge in [0.05, 0.1) is 11.4 Å². The van der Waals surface area contributed by atoms with E-state index in [0.717, 1.165) is 10.6 Å². The number of thiophene rings is 1. The maximum Gasteiger partial charge on any atom is 0.243 e. The molecule has 0 unspecified atom stereocenters. The molecule has 3 aromatic heterocycles. The fourth-order valence-electron chi connectivity index (χ4n) is 1.74. The minimum absolute atomic E-state index is 0.254. The molecule has 0 aliphatic heterocycles. The molecule has 3 aromatic rings. The summed E-state index contributed by atoms with van der Waals surface area (Å²) in [7, 11) is 0. The normalized spacial score (nSPS) is 10.6. The Bertz CT molecular complexity index is 762. The van der Waals surface area contributed by atoms with E-state index in [-0.39, 0.29) is 12.5 Å². The summed E-state index contributed by atoms with van der Waals surface area (Å²) in [5, 5.41) is 17.2. The number of carbonyl (C=O) groups is 1. The first-order valence-electron chi connectivity index (χ1n) is 5.93.